The highest BCUT2D eigenvalue weighted by molar-refractivity contribution is 5.95. The largest absolute Gasteiger partial charge is 0.496 e. The van der Waals surface area contributed by atoms with Crippen molar-refractivity contribution in [2.75, 3.05) is 34.4 Å². The molecule has 1 N–H and O–H groups in total. The number of nitrogens with one attached hydrogen (secondary N) is 1. The lowest BCUT2D eigenvalue weighted by molar-refractivity contribution is -0.123. The van der Waals surface area contributed by atoms with Gasteiger partial charge in [0, 0.05) is 24.1 Å². The Balaban J connectivity index is 1.90. The Morgan fingerprint density at radius 2 is 1.75 bits per heavy atom. The molecule has 0 fully saturated rings. The highest BCUT2D eigenvalue weighted by Crippen LogP contribution is 2.27. The summed E-state index contributed by atoms with van der Waals surface area (Å²) in [6.07, 6.45) is 0.460. The number of rotatable bonds is 10. The minimum atomic E-state index is -0.213. The number of carbonyl (C=O) groups is 2. The normalized spacial score (nSPS) is 11.8. The number of para-hydroxylation sites is 1. The van der Waals surface area contributed by atoms with Gasteiger partial charge in [-0.3, -0.25) is 9.59 Å². The molecule has 0 radical (unpaired) electrons. The molecule has 0 saturated heterocycles. The molecule has 0 saturated carbocycles. The van der Waals surface area contributed by atoms with Crippen LogP contribution in [0, 0.1) is 0 Å². The number of amides is 1. The number of Topliss-reactive ketones (excluding diaryl/α,β-unsaturated/α-hetero) is 1. The third-order valence-electron chi connectivity index (χ3n) is 4.48. The van der Waals surface area contributed by atoms with Crippen LogP contribution in [-0.2, 0) is 4.79 Å². The number of hydrogen-bond donors (Lipinski definition) is 1. The van der Waals surface area contributed by atoms with Crippen LogP contribution >= 0.6 is 0 Å². The summed E-state index contributed by atoms with van der Waals surface area (Å²) in [5, 5.41) is 2.91. The van der Waals surface area contributed by atoms with E-state index in [4.69, 9.17) is 9.47 Å². The van der Waals surface area contributed by atoms with Gasteiger partial charge in [0.2, 0.25) is 0 Å². The fourth-order valence-corrected chi connectivity index (χ4v) is 2.86. The van der Waals surface area contributed by atoms with Crippen LogP contribution in [0.2, 0.25) is 0 Å². The first kappa shape index (κ1) is 21.4. The van der Waals surface area contributed by atoms with Gasteiger partial charge in [0.15, 0.2) is 12.4 Å². The first-order chi connectivity index (χ1) is 13.5. The Kier molecular flexibility index (Phi) is 8.02. The minimum absolute atomic E-state index is 0.0283. The molecule has 6 nitrogen and oxygen atoms in total. The second-order valence-electron chi connectivity index (χ2n) is 6.62. The molecular formula is C22H28N2O4. The second kappa shape index (κ2) is 10.5. The van der Waals surface area contributed by atoms with Gasteiger partial charge < -0.3 is 19.7 Å². The van der Waals surface area contributed by atoms with E-state index in [0.29, 0.717) is 24.3 Å². The number of ketones is 1. The van der Waals surface area contributed by atoms with Gasteiger partial charge in [-0.25, -0.2) is 0 Å². The number of nitrogens with zero attached hydrogens (tertiary/aromatic N) is 1. The van der Waals surface area contributed by atoms with Crippen molar-refractivity contribution in [3.05, 3.63) is 59.7 Å². The first-order valence-corrected chi connectivity index (χ1v) is 9.28. The standard InChI is InChI=1S/C22H28N2O4/c1-5-20(25)16-10-12-17(13-11-16)28-15-22(26)23-14-19(24(2)3)18-8-6-7-9-21(18)27-4/h6-13,19H,5,14-15H2,1-4H3,(H,23,26)/t19-/m0/s1. The zero-order valence-electron chi connectivity index (χ0n) is 16.9. The molecule has 0 heterocycles. The number of hydrogen-bond acceptors (Lipinski definition) is 5. The molecule has 2 aromatic rings. The fourth-order valence-electron chi connectivity index (χ4n) is 2.86. The molecule has 0 bridgehead atoms. The lowest BCUT2D eigenvalue weighted by atomic mass is 10.0. The number of carbonyl (C=O) groups excluding carboxylic acids is 2. The van der Waals surface area contributed by atoms with Crippen molar-refractivity contribution in [1.29, 1.82) is 0 Å². The van der Waals surface area contributed by atoms with E-state index in [2.05, 4.69) is 5.32 Å². The van der Waals surface area contributed by atoms with Gasteiger partial charge in [0.05, 0.1) is 13.2 Å². The van der Waals surface area contributed by atoms with Crippen molar-refractivity contribution in [1.82, 2.24) is 10.2 Å². The van der Waals surface area contributed by atoms with Crippen molar-refractivity contribution in [2.24, 2.45) is 0 Å². The molecule has 2 rings (SSSR count). The van der Waals surface area contributed by atoms with E-state index in [0.717, 1.165) is 11.3 Å². The Morgan fingerprint density at radius 1 is 1.07 bits per heavy atom. The Labute approximate surface area is 166 Å². The molecule has 1 atom stereocenters. The maximum atomic E-state index is 12.2. The third kappa shape index (κ3) is 5.82. The van der Waals surface area contributed by atoms with Gasteiger partial charge in [-0.05, 0) is 44.4 Å². The van der Waals surface area contributed by atoms with Crippen molar-refractivity contribution in [3.63, 3.8) is 0 Å². The number of methoxy groups -OCH3 is 1. The van der Waals surface area contributed by atoms with Crippen molar-refractivity contribution < 1.29 is 19.1 Å². The topological polar surface area (TPSA) is 67.9 Å². The molecule has 0 aliphatic rings. The van der Waals surface area contributed by atoms with E-state index in [9.17, 15) is 9.59 Å². The molecule has 0 spiro atoms. The molecule has 2 aromatic carbocycles. The van der Waals surface area contributed by atoms with Crippen molar-refractivity contribution in [3.8, 4) is 11.5 Å². The van der Waals surface area contributed by atoms with Crippen LogP contribution in [0.4, 0.5) is 0 Å². The predicted molar refractivity (Wildman–Crippen MR) is 109 cm³/mol. The SMILES string of the molecule is CCC(=O)c1ccc(OCC(=O)NC[C@@H](c2ccccc2OC)N(C)C)cc1. The van der Waals surface area contributed by atoms with Crippen LogP contribution < -0.4 is 14.8 Å². The summed E-state index contributed by atoms with van der Waals surface area (Å²) in [5.74, 6) is 1.20. The van der Waals surface area contributed by atoms with Crippen molar-refractivity contribution in [2.45, 2.75) is 19.4 Å². The zero-order chi connectivity index (χ0) is 20.5. The van der Waals surface area contributed by atoms with Crippen LogP contribution in [0.25, 0.3) is 0 Å². The highest BCUT2D eigenvalue weighted by Gasteiger charge is 2.19. The average molecular weight is 384 g/mol. The predicted octanol–water partition coefficient (Wildman–Crippen LogP) is 3.09. The smallest absolute Gasteiger partial charge is 0.258 e. The lowest BCUT2D eigenvalue weighted by Gasteiger charge is -2.26. The summed E-state index contributed by atoms with van der Waals surface area (Å²) < 4.78 is 11.0. The van der Waals surface area contributed by atoms with Gasteiger partial charge >= 0.3 is 0 Å². The molecule has 1 amide bonds. The van der Waals surface area contributed by atoms with E-state index in [1.54, 1.807) is 31.4 Å². The van der Waals surface area contributed by atoms with Gasteiger partial charge in [-0.15, -0.1) is 0 Å². The van der Waals surface area contributed by atoms with Gasteiger partial charge in [-0.1, -0.05) is 25.1 Å². The summed E-state index contributed by atoms with van der Waals surface area (Å²) in [5.41, 5.74) is 1.65. The maximum absolute atomic E-state index is 12.2. The Hall–Kier alpha value is -2.86. The molecule has 150 valence electrons. The molecule has 0 aliphatic carbocycles. The molecule has 28 heavy (non-hydrogen) atoms. The van der Waals surface area contributed by atoms with E-state index in [-0.39, 0.29) is 24.3 Å². The summed E-state index contributed by atoms with van der Waals surface area (Å²) in [4.78, 5) is 25.9. The molecule has 0 aromatic heterocycles. The van der Waals surface area contributed by atoms with Crippen LogP contribution in [0.15, 0.2) is 48.5 Å². The second-order valence-corrected chi connectivity index (χ2v) is 6.62. The van der Waals surface area contributed by atoms with Crippen molar-refractivity contribution >= 4 is 11.7 Å². The molecule has 0 aliphatic heterocycles. The third-order valence-corrected chi connectivity index (χ3v) is 4.48. The van der Waals surface area contributed by atoms with Crippen LogP contribution in [0.1, 0.15) is 35.3 Å². The van der Waals surface area contributed by atoms with Crippen LogP contribution in [0.5, 0.6) is 11.5 Å². The quantitative estimate of drug-likeness (QED) is 0.638. The van der Waals surface area contributed by atoms with Gasteiger partial charge in [-0.2, -0.15) is 0 Å². The monoisotopic (exact) mass is 384 g/mol. The summed E-state index contributed by atoms with van der Waals surface area (Å²) >= 11 is 0. The Morgan fingerprint density at radius 3 is 2.36 bits per heavy atom. The van der Waals surface area contributed by atoms with E-state index in [1.807, 2.05) is 50.2 Å². The average Bonchev–Trinajstić information content (AvgIpc) is 2.72. The number of likely N-dealkylation sites (N-methyl/N-ethyl adjacent to an activating group) is 1. The zero-order valence-corrected chi connectivity index (χ0v) is 16.9. The van der Waals surface area contributed by atoms with Gasteiger partial charge in [0.1, 0.15) is 11.5 Å². The summed E-state index contributed by atoms with van der Waals surface area (Å²) in [6.45, 7) is 2.16. The maximum Gasteiger partial charge on any atom is 0.258 e. The van der Waals surface area contributed by atoms with E-state index < -0.39 is 0 Å². The minimum Gasteiger partial charge on any atom is -0.496 e. The molecule has 0 unspecified atom stereocenters. The molecular weight excluding hydrogens is 356 g/mol. The lowest BCUT2D eigenvalue weighted by Crippen LogP contribution is -2.37. The fraction of sp³-hybridized carbons (Fsp3) is 0.364. The Bertz CT molecular complexity index is 787. The van der Waals surface area contributed by atoms with E-state index in [1.165, 1.54) is 0 Å². The summed E-state index contributed by atoms with van der Waals surface area (Å²) in [6, 6.07) is 14.6. The summed E-state index contributed by atoms with van der Waals surface area (Å²) in [7, 11) is 5.55. The highest BCUT2D eigenvalue weighted by atomic mass is 16.5. The number of ether oxygens (including phenoxy) is 2. The van der Waals surface area contributed by atoms with E-state index >= 15 is 0 Å². The van der Waals surface area contributed by atoms with Gasteiger partial charge in [0.25, 0.3) is 5.91 Å². The van der Waals surface area contributed by atoms with Crippen LogP contribution in [-0.4, -0.2) is 50.9 Å². The number of benzene rings is 2. The molecule has 6 heteroatoms. The first-order valence-electron chi connectivity index (χ1n) is 9.28. The van der Waals surface area contributed by atoms with Crippen LogP contribution in [0.3, 0.4) is 0 Å².